The topological polar surface area (TPSA) is 46.9 Å². The largest absolute Gasteiger partial charge is 0.347 e. The Kier molecular flexibility index (Phi) is 3.94. The number of benzene rings is 1. The van der Waals surface area contributed by atoms with Crippen LogP contribution < -0.4 is 5.32 Å². The number of rotatable bonds is 4. The Labute approximate surface area is 111 Å². The normalized spacial score (nSPS) is 10.5. The third-order valence-corrected chi connectivity index (χ3v) is 2.88. The van der Waals surface area contributed by atoms with E-state index in [-0.39, 0.29) is 11.7 Å². The highest BCUT2D eigenvalue weighted by Crippen LogP contribution is 2.05. The van der Waals surface area contributed by atoms with E-state index in [1.807, 2.05) is 13.8 Å². The Morgan fingerprint density at radius 2 is 2.05 bits per heavy atom. The number of aryl methyl sites for hydroxylation is 2. The second-order valence-corrected chi connectivity index (χ2v) is 4.30. The number of aromatic nitrogens is 2. The molecule has 0 aliphatic carbocycles. The van der Waals surface area contributed by atoms with Gasteiger partial charge in [0.25, 0.3) is 5.91 Å². The van der Waals surface area contributed by atoms with Gasteiger partial charge in [-0.2, -0.15) is 5.10 Å². The van der Waals surface area contributed by atoms with E-state index < -0.39 is 0 Å². The van der Waals surface area contributed by atoms with Crippen LogP contribution in [0.2, 0.25) is 0 Å². The summed E-state index contributed by atoms with van der Waals surface area (Å²) in [5, 5.41) is 6.96. The second kappa shape index (κ2) is 5.65. The third-order valence-electron chi connectivity index (χ3n) is 2.88. The molecule has 0 saturated carbocycles. The van der Waals surface area contributed by atoms with Crippen molar-refractivity contribution in [1.29, 1.82) is 0 Å². The fourth-order valence-electron chi connectivity index (χ4n) is 1.82. The van der Waals surface area contributed by atoms with Crippen molar-refractivity contribution in [2.75, 3.05) is 0 Å². The maximum absolute atomic E-state index is 12.7. The third kappa shape index (κ3) is 3.19. The lowest BCUT2D eigenvalue weighted by Crippen LogP contribution is -2.23. The lowest BCUT2D eigenvalue weighted by molar-refractivity contribution is 0.0945. The maximum Gasteiger partial charge on any atom is 0.272 e. The maximum atomic E-state index is 12.7. The van der Waals surface area contributed by atoms with Crippen molar-refractivity contribution in [3.8, 4) is 0 Å². The van der Waals surface area contributed by atoms with Crippen molar-refractivity contribution in [1.82, 2.24) is 15.1 Å². The second-order valence-electron chi connectivity index (χ2n) is 4.30. The highest BCUT2D eigenvalue weighted by Gasteiger charge is 2.11. The smallest absolute Gasteiger partial charge is 0.272 e. The summed E-state index contributed by atoms with van der Waals surface area (Å²) in [6.45, 7) is 4.97. The van der Waals surface area contributed by atoms with Gasteiger partial charge in [-0.15, -0.1) is 0 Å². The van der Waals surface area contributed by atoms with Crippen LogP contribution in [0.15, 0.2) is 30.3 Å². The molecule has 0 saturated heterocycles. The van der Waals surface area contributed by atoms with Gasteiger partial charge in [-0.05, 0) is 37.6 Å². The quantitative estimate of drug-likeness (QED) is 0.917. The zero-order valence-electron chi connectivity index (χ0n) is 11.0. The van der Waals surface area contributed by atoms with Gasteiger partial charge < -0.3 is 5.32 Å². The molecule has 0 atom stereocenters. The molecular formula is C14H16FN3O. The molecule has 5 heteroatoms. The summed E-state index contributed by atoms with van der Waals surface area (Å²) in [6, 6.07) is 7.79. The van der Waals surface area contributed by atoms with E-state index in [9.17, 15) is 9.18 Å². The van der Waals surface area contributed by atoms with Gasteiger partial charge in [0.05, 0.1) is 0 Å². The molecule has 2 rings (SSSR count). The first kappa shape index (κ1) is 13.3. The molecule has 0 spiro atoms. The first-order valence-corrected chi connectivity index (χ1v) is 6.17. The summed E-state index contributed by atoms with van der Waals surface area (Å²) in [5.74, 6) is -0.507. The van der Waals surface area contributed by atoms with Crippen LogP contribution in [-0.4, -0.2) is 15.7 Å². The van der Waals surface area contributed by atoms with Gasteiger partial charge in [0.1, 0.15) is 11.5 Å². The van der Waals surface area contributed by atoms with Gasteiger partial charge in [-0.3, -0.25) is 9.48 Å². The predicted molar refractivity (Wildman–Crippen MR) is 70.2 cm³/mol. The molecule has 100 valence electrons. The molecule has 1 amide bonds. The number of carbonyl (C=O) groups excluding carboxylic acids is 1. The van der Waals surface area contributed by atoms with Crippen LogP contribution >= 0.6 is 0 Å². The van der Waals surface area contributed by atoms with Crippen LogP contribution in [0.3, 0.4) is 0 Å². The molecule has 1 aromatic heterocycles. The summed E-state index contributed by atoms with van der Waals surface area (Å²) in [7, 11) is 0. The molecule has 2 aromatic rings. The van der Waals surface area contributed by atoms with Gasteiger partial charge in [0.2, 0.25) is 0 Å². The van der Waals surface area contributed by atoms with Gasteiger partial charge in [0.15, 0.2) is 0 Å². The van der Waals surface area contributed by atoms with Gasteiger partial charge >= 0.3 is 0 Å². The average molecular weight is 261 g/mol. The minimum atomic E-state index is -0.285. The van der Waals surface area contributed by atoms with Gasteiger partial charge in [-0.1, -0.05) is 12.1 Å². The SMILES string of the molecule is CCn1nc(C(=O)NCc2ccc(F)cc2)cc1C. The van der Waals surface area contributed by atoms with Crippen molar-refractivity contribution in [2.45, 2.75) is 26.9 Å². The van der Waals surface area contributed by atoms with Crippen LogP contribution in [0.4, 0.5) is 4.39 Å². The molecule has 0 aliphatic rings. The first-order chi connectivity index (χ1) is 9.10. The van der Waals surface area contributed by atoms with Crippen LogP contribution in [0.5, 0.6) is 0 Å². The Morgan fingerprint density at radius 1 is 1.37 bits per heavy atom. The fourth-order valence-corrected chi connectivity index (χ4v) is 1.82. The van der Waals surface area contributed by atoms with Crippen LogP contribution in [-0.2, 0) is 13.1 Å². The summed E-state index contributed by atoms with van der Waals surface area (Å²) in [5.41, 5.74) is 2.21. The standard InChI is InChI=1S/C14H16FN3O/c1-3-18-10(2)8-13(17-18)14(19)16-9-11-4-6-12(15)7-5-11/h4-8H,3,9H2,1-2H3,(H,16,19). The predicted octanol–water partition coefficient (Wildman–Crippen LogP) is 2.28. The monoisotopic (exact) mass is 261 g/mol. The van der Waals surface area contributed by atoms with E-state index in [2.05, 4.69) is 10.4 Å². The lowest BCUT2D eigenvalue weighted by Gasteiger charge is -2.03. The molecule has 1 heterocycles. The zero-order chi connectivity index (χ0) is 13.8. The Balaban J connectivity index is 1.99. The van der Waals surface area contributed by atoms with Crippen molar-refractivity contribution in [3.63, 3.8) is 0 Å². The van der Waals surface area contributed by atoms with E-state index in [1.54, 1.807) is 22.9 Å². The number of carbonyl (C=O) groups is 1. The van der Waals surface area contributed by atoms with Crippen molar-refractivity contribution in [3.05, 3.63) is 53.1 Å². The summed E-state index contributed by atoms with van der Waals surface area (Å²) in [6.07, 6.45) is 0. The number of hydrogen-bond acceptors (Lipinski definition) is 2. The van der Waals surface area contributed by atoms with E-state index in [1.165, 1.54) is 12.1 Å². The fraction of sp³-hybridized carbons (Fsp3) is 0.286. The number of nitrogens with zero attached hydrogens (tertiary/aromatic N) is 2. The molecule has 19 heavy (non-hydrogen) atoms. The number of nitrogens with one attached hydrogen (secondary N) is 1. The van der Waals surface area contributed by atoms with Crippen molar-refractivity contribution in [2.24, 2.45) is 0 Å². The van der Waals surface area contributed by atoms with Crippen LogP contribution in [0, 0.1) is 12.7 Å². The molecule has 4 nitrogen and oxygen atoms in total. The van der Waals surface area contributed by atoms with E-state index in [0.717, 1.165) is 17.8 Å². The molecule has 1 aromatic carbocycles. The first-order valence-electron chi connectivity index (χ1n) is 6.17. The lowest BCUT2D eigenvalue weighted by atomic mass is 10.2. The molecule has 1 N–H and O–H groups in total. The average Bonchev–Trinajstić information content (AvgIpc) is 2.79. The van der Waals surface area contributed by atoms with Crippen LogP contribution in [0.25, 0.3) is 0 Å². The number of amides is 1. The van der Waals surface area contributed by atoms with Crippen LogP contribution in [0.1, 0.15) is 28.7 Å². The van der Waals surface area contributed by atoms with E-state index >= 15 is 0 Å². The highest BCUT2D eigenvalue weighted by molar-refractivity contribution is 5.92. The molecule has 0 unspecified atom stereocenters. The molecule has 0 fully saturated rings. The van der Waals surface area contributed by atoms with E-state index in [4.69, 9.17) is 0 Å². The van der Waals surface area contributed by atoms with Crippen molar-refractivity contribution < 1.29 is 9.18 Å². The number of halogens is 1. The van der Waals surface area contributed by atoms with Gasteiger partial charge in [-0.25, -0.2) is 4.39 Å². The Morgan fingerprint density at radius 3 is 2.63 bits per heavy atom. The minimum Gasteiger partial charge on any atom is -0.347 e. The summed E-state index contributed by atoms with van der Waals surface area (Å²) in [4.78, 5) is 11.9. The molecule has 0 bridgehead atoms. The molecular weight excluding hydrogens is 245 g/mol. The zero-order valence-corrected chi connectivity index (χ0v) is 11.0. The summed E-state index contributed by atoms with van der Waals surface area (Å²) < 4.78 is 14.5. The highest BCUT2D eigenvalue weighted by atomic mass is 19.1. The molecule has 0 aliphatic heterocycles. The Bertz CT molecular complexity index is 575. The minimum absolute atomic E-state index is 0.223. The van der Waals surface area contributed by atoms with Gasteiger partial charge in [0, 0.05) is 18.8 Å². The Hall–Kier alpha value is -2.17. The van der Waals surface area contributed by atoms with E-state index in [0.29, 0.717) is 12.2 Å². The number of hydrogen-bond donors (Lipinski definition) is 1. The van der Waals surface area contributed by atoms with Crippen molar-refractivity contribution >= 4 is 5.91 Å². The summed E-state index contributed by atoms with van der Waals surface area (Å²) >= 11 is 0. The molecule has 0 radical (unpaired) electrons.